The summed E-state index contributed by atoms with van der Waals surface area (Å²) in [5, 5.41) is 0. The fourth-order valence-corrected chi connectivity index (χ4v) is 2.42. The molecule has 0 saturated heterocycles. The van der Waals surface area contributed by atoms with Crippen LogP contribution >= 0.6 is 0 Å². The second-order valence-electron chi connectivity index (χ2n) is 4.79. The first-order chi connectivity index (χ1) is 10.3. The summed E-state index contributed by atoms with van der Waals surface area (Å²) in [7, 11) is 0. The first kappa shape index (κ1) is 13.3. The SMILES string of the molecule is CCn1c(-c2ccccc2)cc(-c2ccccc2)nc1=O. The summed E-state index contributed by atoms with van der Waals surface area (Å²) in [4.78, 5) is 16.5. The summed E-state index contributed by atoms with van der Waals surface area (Å²) < 4.78 is 1.70. The van der Waals surface area contributed by atoms with Crippen LogP contribution in [0.1, 0.15) is 6.92 Å². The summed E-state index contributed by atoms with van der Waals surface area (Å²) in [5.74, 6) is 0. The highest BCUT2D eigenvalue weighted by atomic mass is 16.1. The van der Waals surface area contributed by atoms with E-state index >= 15 is 0 Å². The lowest BCUT2D eigenvalue weighted by Crippen LogP contribution is -2.24. The van der Waals surface area contributed by atoms with Gasteiger partial charge < -0.3 is 0 Å². The Morgan fingerprint density at radius 1 is 0.905 bits per heavy atom. The minimum atomic E-state index is -0.210. The van der Waals surface area contributed by atoms with Gasteiger partial charge in [-0.1, -0.05) is 60.7 Å². The molecule has 0 atom stereocenters. The molecule has 0 N–H and O–H groups in total. The van der Waals surface area contributed by atoms with E-state index in [-0.39, 0.29) is 5.69 Å². The van der Waals surface area contributed by atoms with E-state index in [1.807, 2.05) is 73.7 Å². The van der Waals surface area contributed by atoms with E-state index in [4.69, 9.17) is 0 Å². The fraction of sp³-hybridized carbons (Fsp3) is 0.111. The van der Waals surface area contributed by atoms with Crippen LogP contribution in [0.2, 0.25) is 0 Å². The molecule has 0 aliphatic heterocycles. The van der Waals surface area contributed by atoms with Crippen LogP contribution < -0.4 is 5.69 Å². The van der Waals surface area contributed by atoms with E-state index in [1.165, 1.54) is 0 Å². The fourth-order valence-electron chi connectivity index (χ4n) is 2.42. The van der Waals surface area contributed by atoms with Gasteiger partial charge in [0.2, 0.25) is 0 Å². The maximum Gasteiger partial charge on any atom is 0.348 e. The molecular formula is C18H16N2O. The Morgan fingerprint density at radius 2 is 1.48 bits per heavy atom. The van der Waals surface area contributed by atoms with Gasteiger partial charge in [0.1, 0.15) is 0 Å². The van der Waals surface area contributed by atoms with Crippen molar-refractivity contribution in [2.24, 2.45) is 0 Å². The third-order valence-electron chi connectivity index (χ3n) is 3.47. The minimum Gasteiger partial charge on any atom is -0.292 e. The molecule has 1 aromatic heterocycles. The Labute approximate surface area is 123 Å². The molecule has 3 heteroatoms. The Balaban J connectivity index is 2.23. The summed E-state index contributed by atoms with van der Waals surface area (Å²) in [6, 6.07) is 21.7. The van der Waals surface area contributed by atoms with Crippen LogP contribution in [0.15, 0.2) is 71.5 Å². The molecule has 0 aliphatic carbocycles. The largest absolute Gasteiger partial charge is 0.348 e. The molecule has 2 aromatic carbocycles. The van der Waals surface area contributed by atoms with Crippen molar-refractivity contribution >= 4 is 0 Å². The number of nitrogens with zero attached hydrogens (tertiary/aromatic N) is 2. The van der Waals surface area contributed by atoms with Gasteiger partial charge in [0, 0.05) is 12.1 Å². The summed E-state index contributed by atoms with van der Waals surface area (Å²) >= 11 is 0. The van der Waals surface area contributed by atoms with Crippen LogP contribution in [0.3, 0.4) is 0 Å². The van der Waals surface area contributed by atoms with Crippen LogP contribution in [0.5, 0.6) is 0 Å². The van der Waals surface area contributed by atoms with Gasteiger partial charge in [0.05, 0.1) is 11.4 Å². The van der Waals surface area contributed by atoms with Gasteiger partial charge in [-0.25, -0.2) is 4.79 Å². The molecule has 104 valence electrons. The van der Waals surface area contributed by atoms with E-state index in [1.54, 1.807) is 4.57 Å². The van der Waals surface area contributed by atoms with E-state index in [0.717, 1.165) is 16.8 Å². The molecule has 0 bridgehead atoms. The monoisotopic (exact) mass is 276 g/mol. The van der Waals surface area contributed by atoms with Crippen molar-refractivity contribution in [3.05, 3.63) is 77.2 Å². The lowest BCUT2D eigenvalue weighted by Gasteiger charge is -2.12. The highest BCUT2D eigenvalue weighted by Crippen LogP contribution is 2.23. The predicted molar refractivity (Wildman–Crippen MR) is 85.0 cm³/mol. The number of hydrogen-bond donors (Lipinski definition) is 0. The van der Waals surface area contributed by atoms with E-state index < -0.39 is 0 Å². The Hall–Kier alpha value is -2.68. The molecule has 3 aromatic rings. The number of rotatable bonds is 3. The van der Waals surface area contributed by atoms with Crippen molar-refractivity contribution in [1.82, 2.24) is 9.55 Å². The Bertz CT molecular complexity index is 792. The second kappa shape index (κ2) is 5.75. The predicted octanol–water partition coefficient (Wildman–Crippen LogP) is 3.60. The van der Waals surface area contributed by atoms with Gasteiger partial charge in [-0.2, -0.15) is 4.98 Å². The standard InChI is InChI=1S/C18H16N2O/c1-2-20-17(15-11-7-4-8-12-15)13-16(19-18(20)21)14-9-5-3-6-10-14/h3-13H,2H2,1H3. The van der Waals surface area contributed by atoms with Crippen LogP contribution in [0.25, 0.3) is 22.5 Å². The van der Waals surface area contributed by atoms with Gasteiger partial charge in [0.15, 0.2) is 0 Å². The van der Waals surface area contributed by atoms with Crippen molar-refractivity contribution in [3.63, 3.8) is 0 Å². The molecule has 0 fully saturated rings. The highest BCUT2D eigenvalue weighted by Gasteiger charge is 2.10. The van der Waals surface area contributed by atoms with Gasteiger partial charge in [-0.15, -0.1) is 0 Å². The van der Waals surface area contributed by atoms with E-state index in [9.17, 15) is 4.79 Å². The third-order valence-corrected chi connectivity index (χ3v) is 3.47. The van der Waals surface area contributed by atoms with Crippen LogP contribution in [0, 0.1) is 0 Å². The molecule has 0 spiro atoms. The van der Waals surface area contributed by atoms with E-state index in [2.05, 4.69) is 4.98 Å². The highest BCUT2D eigenvalue weighted by molar-refractivity contribution is 5.67. The summed E-state index contributed by atoms with van der Waals surface area (Å²) in [6.45, 7) is 2.56. The van der Waals surface area contributed by atoms with Crippen molar-refractivity contribution < 1.29 is 0 Å². The van der Waals surface area contributed by atoms with Gasteiger partial charge in [-0.05, 0) is 18.6 Å². The van der Waals surface area contributed by atoms with Crippen molar-refractivity contribution in [1.29, 1.82) is 0 Å². The number of benzene rings is 2. The van der Waals surface area contributed by atoms with Gasteiger partial charge >= 0.3 is 5.69 Å². The lowest BCUT2D eigenvalue weighted by atomic mass is 10.1. The molecule has 0 amide bonds. The normalized spacial score (nSPS) is 10.5. The molecule has 21 heavy (non-hydrogen) atoms. The molecule has 0 unspecified atom stereocenters. The number of hydrogen-bond acceptors (Lipinski definition) is 2. The van der Waals surface area contributed by atoms with E-state index in [0.29, 0.717) is 12.2 Å². The average Bonchev–Trinajstić information content (AvgIpc) is 2.55. The zero-order chi connectivity index (χ0) is 14.7. The molecule has 3 nitrogen and oxygen atoms in total. The summed E-state index contributed by atoms with van der Waals surface area (Å²) in [6.07, 6.45) is 0. The zero-order valence-corrected chi connectivity index (χ0v) is 11.9. The quantitative estimate of drug-likeness (QED) is 0.732. The smallest absolute Gasteiger partial charge is 0.292 e. The number of aromatic nitrogens is 2. The maximum absolute atomic E-state index is 12.3. The van der Waals surface area contributed by atoms with Crippen LogP contribution in [0.4, 0.5) is 0 Å². The lowest BCUT2D eigenvalue weighted by molar-refractivity contribution is 0.709. The first-order valence-corrected chi connectivity index (χ1v) is 7.02. The molecule has 3 rings (SSSR count). The van der Waals surface area contributed by atoms with Crippen LogP contribution in [-0.2, 0) is 6.54 Å². The van der Waals surface area contributed by atoms with Crippen LogP contribution in [-0.4, -0.2) is 9.55 Å². The minimum absolute atomic E-state index is 0.210. The second-order valence-corrected chi connectivity index (χ2v) is 4.79. The molecule has 0 saturated carbocycles. The molecule has 0 aliphatic rings. The van der Waals surface area contributed by atoms with Gasteiger partial charge in [-0.3, -0.25) is 4.57 Å². The zero-order valence-electron chi connectivity index (χ0n) is 11.9. The van der Waals surface area contributed by atoms with Crippen molar-refractivity contribution in [2.75, 3.05) is 0 Å². The molecular weight excluding hydrogens is 260 g/mol. The topological polar surface area (TPSA) is 34.9 Å². The summed E-state index contributed by atoms with van der Waals surface area (Å²) in [5.41, 5.74) is 3.38. The first-order valence-electron chi connectivity index (χ1n) is 7.02. The van der Waals surface area contributed by atoms with Gasteiger partial charge in [0.25, 0.3) is 0 Å². The average molecular weight is 276 g/mol. The molecule has 0 radical (unpaired) electrons. The molecule has 1 heterocycles. The Morgan fingerprint density at radius 3 is 2.05 bits per heavy atom. The Kier molecular flexibility index (Phi) is 3.65. The van der Waals surface area contributed by atoms with Crippen molar-refractivity contribution in [2.45, 2.75) is 13.5 Å². The van der Waals surface area contributed by atoms with Crippen molar-refractivity contribution in [3.8, 4) is 22.5 Å². The maximum atomic E-state index is 12.3. The third kappa shape index (κ3) is 2.63.